The van der Waals surface area contributed by atoms with Gasteiger partial charge in [0.05, 0.1) is 11.9 Å². The quantitative estimate of drug-likeness (QED) is 0.752. The fraction of sp³-hybridized carbons (Fsp3) is 0.600. The van der Waals surface area contributed by atoms with Gasteiger partial charge in [0.15, 0.2) is 0 Å². The normalized spacial score (nSPS) is 10.5. The van der Waals surface area contributed by atoms with Crippen LogP contribution in [0, 0.1) is 5.92 Å². The minimum atomic E-state index is 0.0594. The molecule has 0 saturated carbocycles. The van der Waals surface area contributed by atoms with E-state index in [4.69, 9.17) is 0 Å². The predicted octanol–water partition coefficient (Wildman–Crippen LogP) is 3.67. The summed E-state index contributed by atoms with van der Waals surface area (Å²) < 4.78 is 0. The number of hydrogen-bond donors (Lipinski definition) is 2. The Bertz CT molecular complexity index is 373. The van der Waals surface area contributed by atoms with Crippen molar-refractivity contribution in [1.82, 2.24) is 4.98 Å². The number of rotatable bonds is 8. The van der Waals surface area contributed by atoms with E-state index < -0.39 is 0 Å². The number of anilines is 2. The molecule has 0 aliphatic heterocycles. The van der Waals surface area contributed by atoms with Crippen LogP contribution in [0.25, 0.3) is 0 Å². The van der Waals surface area contributed by atoms with Crippen LogP contribution in [0.4, 0.5) is 11.5 Å². The highest BCUT2D eigenvalue weighted by Gasteiger charge is 2.02. The second-order valence-corrected chi connectivity index (χ2v) is 5.19. The van der Waals surface area contributed by atoms with Crippen LogP contribution in [-0.2, 0) is 4.79 Å². The number of hydrogen-bond acceptors (Lipinski definition) is 3. The van der Waals surface area contributed by atoms with Gasteiger partial charge in [-0.3, -0.25) is 4.79 Å². The number of carbonyl (C=O) groups is 1. The fourth-order valence-electron chi connectivity index (χ4n) is 1.62. The SMILES string of the molecule is CCCCC(=O)Nc1ccc(NCCC(C)C)nc1. The van der Waals surface area contributed by atoms with Crippen molar-refractivity contribution in [2.45, 2.75) is 46.5 Å². The van der Waals surface area contributed by atoms with E-state index in [0.29, 0.717) is 12.3 Å². The van der Waals surface area contributed by atoms with E-state index in [1.54, 1.807) is 6.20 Å². The molecular weight excluding hydrogens is 238 g/mol. The number of amides is 1. The van der Waals surface area contributed by atoms with Crippen LogP contribution in [0.15, 0.2) is 18.3 Å². The van der Waals surface area contributed by atoms with Crippen LogP contribution in [0.1, 0.15) is 46.5 Å². The maximum absolute atomic E-state index is 11.5. The van der Waals surface area contributed by atoms with Crippen LogP contribution in [0.2, 0.25) is 0 Å². The van der Waals surface area contributed by atoms with Gasteiger partial charge in [0.25, 0.3) is 0 Å². The lowest BCUT2D eigenvalue weighted by Gasteiger charge is -2.09. The van der Waals surface area contributed by atoms with Crippen molar-refractivity contribution >= 4 is 17.4 Å². The number of carbonyl (C=O) groups excluding carboxylic acids is 1. The Hall–Kier alpha value is -1.58. The number of nitrogens with one attached hydrogen (secondary N) is 2. The molecule has 0 unspecified atom stereocenters. The van der Waals surface area contributed by atoms with E-state index in [-0.39, 0.29) is 5.91 Å². The van der Waals surface area contributed by atoms with Crippen LogP contribution >= 0.6 is 0 Å². The fourth-order valence-corrected chi connectivity index (χ4v) is 1.62. The molecule has 0 saturated heterocycles. The predicted molar refractivity (Wildman–Crippen MR) is 80.3 cm³/mol. The molecule has 0 aliphatic rings. The summed E-state index contributed by atoms with van der Waals surface area (Å²) in [4.78, 5) is 15.8. The van der Waals surface area contributed by atoms with Crippen molar-refractivity contribution in [2.24, 2.45) is 5.92 Å². The molecule has 106 valence electrons. The minimum absolute atomic E-state index is 0.0594. The number of pyridine rings is 1. The monoisotopic (exact) mass is 263 g/mol. The van der Waals surface area contributed by atoms with Gasteiger partial charge < -0.3 is 10.6 Å². The van der Waals surface area contributed by atoms with Gasteiger partial charge in [0.2, 0.25) is 5.91 Å². The van der Waals surface area contributed by atoms with Crippen molar-refractivity contribution < 1.29 is 4.79 Å². The molecule has 0 bridgehead atoms. The van der Waals surface area contributed by atoms with Gasteiger partial charge in [-0.1, -0.05) is 27.2 Å². The number of aromatic nitrogens is 1. The van der Waals surface area contributed by atoms with Gasteiger partial charge in [-0.2, -0.15) is 0 Å². The maximum atomic E-state index is 11.5. The molecule has 19 heavy (non-hydrogen) atoms. The summed E-state index contributed by atoms with van der Waals surface area (Å²) in [5.41, 5.74) is 0.760. The third-order valence-corrected chi connectivity index (χ3v) is 2.83. The highest BCUT2D eigenvalue weighted by molar-refractivity contribution is 5.90. The van der Waals surface area contributed by atoms with E-state index in [1.807, 2.05) is 12.1 Å². The van der Waals surface area contributed by atoms with Crippen molar-refractivity contribution in [3.8, 4) is 0 Å². The smallest absolute Gasteiger partial charge is 0.224 e. The molecule has 4 nitrogen and oxygen atoms in total. The highest BCUT2D eigenvalue weighted by Crippen LogP contribution is 2.11. The molecule has 0 radical (unpaired) electrons. The molecule has 1 aromatic rings. The highest BCUT2D eigenvalue weighted by atomic mass is 16.1. The van der Waals surface area contributed by atoms with Crippen LogP contribution in [0.5, 0.6) is 0 Å². The zero-order valence-electron chi connectivity index (χ0n) is 12.2. The molecule has 0 spiro atoms. The van der Waals surface area contributed by atoms with E-state index in [9.17, 15) is 4.79 Å². The molecule has 0 aliphatic carbocycles. The third-order valence-electron chi connectivity index (χ3n) is 2.83. The Labute approximate surface area is 116 Å². The second kappa shape index (κ2) is 8.51. The van der Waals surface area contributed by atoms with E-state index >= 15 is 0 Å². The van der Waals surface area contributed by atoms with Crippen molar-refractivity contribution in [3.05, 3.63) is 18.3 Å². The second-order valence-electron chi connectivity index (χ2n) is 5.19. The molecule has 1 amide bonds. The minimum Gasteiger partial charge on any atom is -0.370 e. The van der Waals surface area contributed by atoms with E-state index in [1.165, 1.54) is 0 Å². The largest absolute Gasteiger partial charge is 0.370 e. The molecule has 1 heterocycles. The standard InChI is InChI=1S/C15H25N3O/c1-4-5-6-15(19)18-13-7-8-14(17-11-13)16-10-9-12(2)3/h7-8,11-12H,4-6,9-10H2,1-3H3,(H,16,17)(H,18,19). The summed E-state index contributed by atoms with van der Waals surface area (Å²) in [6, 6.07) is 3.78. The molecule has 0 fully saturated rings. The van der Waals surface area contributed by atoms with Gasteiger partial charge >= 0.3 is 0 Å². The van der Waals surface area contributed by atoms with Crippen LogP contribution in [-0.4, -0.2) is 17.4 Å². The lowest BCUT2D eigenvalue weighted by atomic mass is 10.1. The zero-order chi connectivity index (χ0) is 14.1. The van der Waals surface area contributed by atoms with E-state index in [0.717, 1.165) is 37.3 Å². The first-order chi connectivity index (χ1) is 9.11. The van der Waals surface area contributed by atoms with Crippen LogP contribution in [0.3, 0.4) is 0 Å². The Morgan fingerprint density at radius 1 is 1.37 bits per heavy atom. The molecule has 0 atom stereocenters. The first kappa shape index (κ1) is 15.5. The topological polar surface area (TPSA) is 54.0 Å². The molecular formula is C15H25N3O. The lowest BCUT2D eigenvalue weighted by Crippen LogP contribution is -2.11. The summed E-state index contributed by atoms with van der Waals surface area (Å²) in [6.07, 6.45) is 5.35. The lowest BCUT2D eigenvalue weighted by molar-refractivity contribution is -0.116. The van der Waals surface area contributed by atoms with Gasteiger partial charge in [-0.25, -0.2) is 4.98 Å². The molecule has 1 rings (SSSR count). The maximum Gasteiger partial charge on any atom is 0.224 e. The summed E-state index contributed by atoms with van der Waals surface area (Å²) in [6.45, 7) is 7.40. The van der Waals surface area contributed by atoms with Gasteiger partial charge in [0, 0.05) is 13.0 Å². The first-order valence-corrected chi connectivity index (χ1v) is 7.11. The summed E-state index contributed by atoms with van der Waals surface area (Å²) in [7, 11) is 0. The Balaban J connectivity index is 2.36. The average molecular weight is 263 g/mol. The van der Waals surface area contributed by atoms with Gasteiger partial charge in [0.1, 0.15) is 5.82 Å². The van der Waals surface area contributed by atoms with E-state index in [2.05, 4.69) is 36.4 Å². The molecule has 2 N–H and O–H groups in total. The molecule has 1 aromatic heterocycles. The summed E-state index contributed by atoms with van der Waals surface area (Å²) in [5.74, 6) is 1.60. The van der Waals surface area contributed by atoms with Gasteiger partial charge in [-0.05, 0) is 30.9 Å². The molecule has 0 aromatic carbocycles. The molecule has 4 heteroatoms. The average Bonchev–Trinajstić information content (AvgIpc) is 2.38. The third kappa shape index (κ3) is 6.79. The first-order valence-electron chi connectivity index (χ1n) is 7.11. The summed E-state index contributed by atoms with van der Waals surface area (Å²) in [5, 5.41) is 6.12. The Morgan fingerprint density at radius 2 is 2.16 bits per heavy atom. The Morgan fingerprint density at radius 3 is 2.74 bits per heavy atom. The van der Waals surface area contributed by atoms with Crippen LogP contribution < -0.4 is 10.6 Å². The zero-order valence-corrected chi connectivity index (χ0v) is 12.2. The van der Waals surface area contributed by atoms with Gasteiger partial charge in [-0.15, -0.1) is 0 Å². The Kier molecular flexibility index (Phi) is 6.93. The number of nitrogens with zero attached hydrogens (tertiary/aromatic N) is 1. The summed E-state index contributed by atoms with van der Waals surface area (Å²) >= 11 is 0. The van der Waals surface area contributed by atoms with Crippen molar-refractivity contribution in [1.29, 1.82) is 0 Å². The van der Waals surface area contributed by atoms with Crippen molar-refractivity contribution in [3.63, 3.8) is 0 Å². The van der Waals surface area contributed by atoms with Crippen molar-refractivity contribution in [2.75, 3.05) is 17.2 Å². The number of unbranched alkanes of at least 4 members (excludes halogenated alkanes) is 1.